The molecule has 7 heteroatoms. The summed E-state index contributed by atoms with van der Waals surface area (Å²) < 4.78 is 1.56. The van der Waals surface area contributed by atoms with E-state index >= 15 is 0 Å². The van der Waals surface area contributed by atoms with E-state index in [0.29, 0.717) is 28.3 Å². The molecule has 1 heterocycles. The zero-order valence-electron chi connectivity index (χ0n) is 14.4. The topological polar surface area (TPSA) is 96.2 Å². The van der Waals surface area contributed by atoms with Gasteiger partial charge in [0, 0.05) is 35.5 Å². The highest BCUT2D eigenvalue weighted by Gasteiger charge is 2.12. The van der Waals surface area contributed by atoms with Gasteiger partial charge in [0.25, 0.3) is 5.91 Å². The van der Waals surface area contributed by atoms with Crippen LogP contribution in [-0.4, -0.2) is 26.9 Å². The van der Waals surface area contributed by atoms with Gasteiger partial charge in [0.1, 0.15) is 5.82 Å². The monoisotopic (exact) mass is 360 g/mol. The van der Waals surface area contributed by atoms with Crippen molar-refractivity contribution in [3.05, 3.63) is 65.7 Å². The van der Waals surface area contributed by atoms with Gasteiger partial charge in [-0.25, -0.2) is 4.79 Å². The molecule has 7 nitrogen and oxygen atoms in total. The molecule has 0 atom stereocenters. The number of nitrogens with zero attached hydrogens (tertiary/aromatic N) is 2. The molecule has 3 rings (SSSR count). The summed E-state index contributed by atoms with van der Waals surface area (Å²) >= 11 is 0. The Hall–Kier alpha value is -4.05. The minimum absolute atomic E-state index is 0.289. The Morgan fingerprint density at radius 3 is 2.52 bits per heavy atom. The van der Waals surface area contributed by atoms with E-state index in [0.717, 1.165) is 5.56 Å². The van der Waals surface area contributed by atoms with Crippen molar-refractivity contribution in [1.29, 1.82) is 0 Å². The number of carbonyl (C=O) groups is 2. The quantitative estimate of drug-likeness (QED) is 0.621. The van der Waals surface area contributed by atoms with Crippen molar-refractivity contribution < 1.29 is 14.7 Å². The lowest BCUT2D eigenvalue weighted by molar-refractivity contribution is 0.102. The third-order valence-corrected chi connectivity index (χ3v) is 3.84. The molecule has 134 valence electrons. The number of benzene rings is 2. The molecule has 1 aromatic heterocycles. The SMILES string of the molecule is C#Cc1cccc(C(=O)Nc2cc(-c3ccc(NC(=O)O)cc3)nn2C)c1. The fourth-order valence-electron chi connectivity index (χ4n) is 2.51. The maximum atomic E-state index is 12.4. The normalized spacial score (nSPS) is 10.1. The predicted octanol–water partition coefficient (Wildman–Crippen LogP) is 3.41. The fraction of sp³-hybridized carbons (Fsp3) is 0.0500. The summed E-state index contributed by atoms with van der Waals surface area (Å²) in [6.45, 7) is 0. The Balaban J connectivity index is 1.79. The van der Waals surface area contributed by atoms with Crippen LogP contribution < -0.4 is 10.6 Å². The number of aryl methyl sites for hydroxylation is 1. The number of hydrogen-bond donors (Lipinski definition) is 3. The summed E-state index contributed by atoms with van der Waals surface area (Å²) in [5.74, 6) is 2.73. The highest BCUT2D eigenvalue weighted by molar-refractivity contribution is 6.04. The maximum Gasteiger partial charge on any atom is 0.409 e. The van der Waals surface area contributed by atoms with Crippen LogP contribution in [0.25, 0.3) is 11.3 Å². The second-order valence-corrected chi connectivity index (χ2v) is 5.73. The van der Waals surface area contributed by atoms with Crippen molar-refractivity contribution >= 4 is 23.5 Å². The first-order valence-electron chi connectivity index (χ1n) is 7.99. The molecule has 0 radical (unpaired) electrons. The van der Waals surface area contributed by atoms with Crippen LogP contribution in [0.1, 0.15) is 15.9 Å². The largest absolute Gasteiger partial charge is 0.465 e. The summed E-state index contributed by atoms with van der Waals surface area (Å²) in [5.41, 5.74) is 2.98. The minimum Gasteiger partial charge on any atom is -0.465 e. The van der Waals surface area contributed by atoms with Crippen molar-refractivity contribution in [3.8, 4) is 23.6 Å². The molecule has 0 saturated heterocycles. The molecule has 0 spiro atoms. The molecule has 27 heavy (non-hydrogen) atoms. The van der Waals surface area contributed by atoms with Crippen LogP contribution in [-0.2, 0) is 7.05 Å². The summed E-state index contributed by atoms with van der Waals surface area (Å²) in [6.07, 6.45) is 4.24. The molecule has 2 amide bonds. The van der Waals surface area contributed by atoms with Crippen LogP contribution in [0.3, 0.4) is 0 Å². The molecule has 3 N–H and O–H groups in total. The lowest BCUT2D eigenvalue weighted by Gasteiger charge is -2.05. The zero-order valence-corrected chi connectivity index (χ0v) is 14.4. The zero-order chi connectivity index (χ0) is 19.4. The predicted molar refractivity (Wildman–Crippen MR) is 103 cm³/mol. The molecule has 0 fully saturated rings. The highest BCUT2D eigenvalue weighted by Crippen LogP contribution is 2.23. The fourth-order valence-corrected chi connectivity index (χ4v) is 2.51. The van der Waals surface area contributed by atoms with E-state index < -0.39 is 6.09 Å². The number of terminal acetylenes is 1. The Bertz CT molecular complexity index is 1050. The maximum absolute atomic E-state index is 12.4. The molecule has 0 aliphatic heterocycles. The van der Waals surface area contributed by atoms with Crippen molar-refractivity contribution in [2.75, 3.05) is 10.6 Å². The number of anilines is 2. The van der Waals surface area contributed by atoms with Gasteiger partial charge in [-0.05, 0) is 30.3 Å². The third kappa shape index (κ3) is 4.14. The first kappa shape index (κ1) is 17.8. The van der Waals surface area contributed by atoms with Gasteiger partial charge in [-0.3, -0.25) is 14.8 Å². The Morgan fingerprint density at radius 2 is 1.85 bits per heavy atom. The van der Waals surface area contributed by atoms with Gasteiger partial charge in [0.2, 0.25) is 0 Å². The van der Waals surface area contributed by atoms with Crippen molar-refractivity contribution in [2.24, 2.45) is 7.05 Å². The van der Waals surface area contributed by atoms with Crippen molar-refractivity contribution in [1.82, 2.24) is 9.78 Å². The van der Waals surface area contributed by atoms with Crippen LogP contribution in [0.15, 0.2) is 54.6 Å². The minimum atomic E-state index is -1.13. The Morgan fingerprint density at radius 1 is 1.11 bits per heavy atom. The third-order valence-electron chi connectivity index (χ3n) is 3.84. The number of hydrogen-bond acceptors (Lipinski definition) is 3. The average Bonchev–Trinajstić information content (AvgIpc) is 3.02. The van der Waals surface area contributed by atoms with E-state index in [9.17, 15) is 9.59 Å². The van der Waals surface area contributed by atoms with Crippen LogP contribution in [0, 0.1) is 12.3 Å². The summed E-state index contributed by atoms with van der Waals surface area (Å²) in [7, 11) is 1.72. The number of carboxylic acid groups (broad SMARTS) is 1. The Kier molecular flexibility index (Phi) is 4.90. The number of nitrogens with one attached hydrogen (secondary N) is 2. The van der Waals surface area contributed by atoms with Gasteiger partial charge in [-0.15, -0.1) is 6.42 Å². The molecule has 2 aromatic carbocycles. The van der Waals surface area contributed by atoms with Gasteiger partial charge in [-0.1, -0.05) is 24.1 Å². The van der Waals surface area contributed by atoms with E-state index in [1.165, 1.54) is 0 Å². The lowest BCUT2D eigenvalue weighted by atomic mass is 10.1. The van der Waals surface area contributed by atoms with Gasteiger partial charge < -0.3 is 10.4 Å². The molecule has 0 saturated carbocycles. The van der Waals surface area contributed by atoms with E-state index in [4.69, 9.17) is 11.5 Å². The molecular formula is C20H16N4O3. The van der Waals surface area contributed by atoms with Gasteiger partial charge in [-0.2, -0.15) is 5.10 Å². The second-order valence-electron chi connectivity index (χ2n) is 5.73. The number of carbonyl (C=O) groups excluding carboxylic acids is 1. The molecule has 0 unspecified atom stereocenters. The van der Waals surface area contributed by atoms with Crippen molar-refractivity contribution in [2.45, 2.75) is 0 Å². The number of rotatable bonds is 4. The number of amides is 2. The first-order valence-corrected chi connectivity index (χ1v) is 7.99. The van der Waals surface area contributed by atoms with Gasteiger partial charge >= 0.3 is 6.09 Å². The van der Waals surface area contributed by atoms with Crippen LogP contribution >= 0.6 is 0 Å². The number of aromatic nitrogens is 2. The molecule has 3 aromatic rings. The first-order chi connectivity index (χ1) is 13.0. The van der Waals surface area contributed by atoms with E-state index in [1.807, 2.05) is 0 Å². The van der Waals surface area contributed by atoms with Crippen LogP contribution in [0.5, 0.6) is 0 Å². The molecular weight excluding hydrogens is 344 g/mol. The average molecular weight is 360 g/mol. The summed E-state index contributed by atoms with van der Waals surface area (Å²) in [6, 6.07) is 15.3. The highest BCUT2D eigenvalue weighted by atomic mass is 16.4. The summed E-state index contributed by atoms with van der Waals surface area (Å²) in [5, 5.41) is 18.2. The van der Waals surface area contributed by atoms with E-state index in [-0.39, 0.29) is 5.91 Å². The van der Waals surface area contributed by atoms with Gasteiger partial charge in [0.15, 0.2) is 0 Å². The smallest absolute Gasteiger partial charge is 0.409 e. The Labute approximate surface area is 155 Å². The van der Waals surface area contributed by atoms with Crippen LogP contribution in [0.4, 0.5) is 16.3 Å². The van der Waals surface area contributed by atoms with E-state index in [2.05, 4.69) is 21.7 Å². The molecule has 0 bridgehead atoms. The van der Waals surface area contributed by atoms with Crippen molar-refractivity contribution in [3.63, 3.8) is 0 Å². The summed E-state index contributed by atoms with van der Waals surface area (Å²) in [4.78, 5) is 23.1. The van der Waals surface area contributed by atoms with Gasteiger partial charge in [0.05, 0.1) is 5.69 Å². The second kappa shape index (κ2) is 7.45. The molecule has 0 aliphatic carbocycles. The van der Waals surface area contributed by atoms with E-state index in [1.54, 1.807) is 66.3 Å². The lowest BCUT2D eigenvalue weighted by Crippen LogP contribution is -2.14. The van der Waals surface area contributed by atoms with Crippen LogP contribution in [0.2, 0.25) is 0 Å². The standard InChI is InChI=1S/C20H16N4O3/c1-3-13-5-4-6-15(11-13)19(25)22-18-12-17(23-24(18)2)14-7-9-16(10-8-14)21-20(26)27/h1,4-12,21H,2H3,(H,22,25)(H,26,27). The molecule has 0 aliphatic rings.